The van der Waals surface area contributed by atoms with E-state index in [-0.39, 0.29) is 28.0 Å². The molecule has 1 fully saturated rings. The summed E-state index contributed by atoms with van der Waals surface area (Å²) in [4.78, 5) is 44.4. The van der Waals surface area contributed by atoms with Crippen molar-refractivity contribution in [3.63, 3.8) is 0 Å². The maximum atomic E-state index is 15.4. The standard InChI is InChI=1S/C43H38F5N7O3S/c1-42(2)40(58)54(28-11-10-26(22-49)33(20-28)43(46,47)48)41(59)55(42)29-12-13-30(34(45)21-29)38(56)51-16-5-3-4-15-50-23-24-6-8-25(9-7-24)37-31-14-17-52-39(57)32-18-27(44)19-35(53-37)36(31)32/h6-13,18-21,50,53H,3-5,14-17,23H2,1-2H3,(H,51,56)(H,52,57). The number of carbonyl (C=O) groups is 3. The van der Waals surface area contributed by atoms with Crippen molar-refractivity contribution in [2.75, 3.05) is 29.4 Å². The lowest BCUT2D eigenvalue weighted by Gasteiger charge is -2.29. The van der Waals surface area contributed by atoms with Crippen LogP contribution < -0.4 is 25.8 Å². The van der Waals surface area contributed by atoms with E-state index in [1.807, 2.05) is 24.3 Å². The second kappa shape index (κ2) is 16.2. The number of hydrogen-bond acceptors (Lipinski definition) is 6. The Morgan fingerprint density at radius 2 is 1.68 bits per heavy atom. The minimum Gasteiger partial charge on any atom is -0.354 e. The van der Waals surface area contributed by atoms with Crippen LogP contribution in [0.25, 0.3) is 22.2 Å². The van der Waals surface area contributed by atoms with Gasteiger partial charge in [-0.1, -0.05) is 30.7 Å². The van der Waals surface area contributed by atoms with Gasteiger partial charge in [0.15, 0.2) is 5.11 Å². The molecule has 3 amide bonds. The zero-order valence-corrected chi connectivity index (χ0v) is 32.8. The maximum absolute atomic E-state index is 15.4. The van der Waals surface area contributed by atoms with Crippen LogP contribution >= 0.6 is 12.2 Å². The zero-order valence-electron chi connectivity index (χ0n) is 31.9. The SMILES string of the molecule is CC1(C)C(=O)N(c2ccc(C#N)c(C(F)(F)F)c2)C(=S)N1c1ccc(C(=O)NCCCCCNCc2ccc(-c3[nH]c4cc(F)cc5c4c3CCNC5=O)cc2)c(F)c1. The van der Waals surface area contributed by atoms with Crippen molar-refractivity contribution in [3.05, 3.63) is 118 Å². The monoisotopic (exact) mass is 827 g/mol. The number of aromatic amines is 1. The van der Waals surface area contributed by atoms with Crippen molar-refractivity contribution >= 4 is 57.3 Å². The molecule has 3 heterocycles. The summed E-state index contributed by atoms with van der Waals surface area (Å²) in [5, 5.41) is 18.7. The molecule has 0 saturated carbocycles. The van der Waals surface area contributed by atoms with E-state index in [0.29, 0.717) is 49.6 Å². The number of alkyl halides is 3. The summed E-state index contributed by atoms with van der Waals surface area (Å²) in [5.41, 5.74) is 1.25. The van der Waals surface area contributed by atoms with Crippen LogP contribution in [-0.2, 0) is 23.9 Å². The van der Waals surface area contributed by atoms with E-state index < -0.39 is 46.3 Å². The van der Waals surface area contributed by atoms with Gasteiger partial charge in [-0.05, 0) is 117 Å². The number of nitriles is 1. The number of benzene rings is 4. The van der Waals surface area contributed by atoms with Gasteiger partial charge in [-0.3, -0.25) is 19.3 Å². The van der Waals surface area contributed by atoms with Crippen LogP contribution in [0, 0.1) is 23.0 Å². The van der Waals surface area contributed by atoms with Gasteiger partial charge in [0.1, 0.15) is 17.2 Å². The topological polar surface area (TPSA) is 133 Å². The lowest BCUT2D eigenvalue weighted by atomic mass is 9.99. The summed E-state index contributed by atoms with van der Waals surface area (Å²) in [5.74, 6) is -2.91. The Hall–Kier alpha value is -6.18. The molecule has 1 saturated heterocycles. The van der Waals surface area contributed by atoms with Gasteiger partial charge in [0, 0.05) is 41.9 Å². The minimum atomic E-state index is -4.86. The first kappa shape index (κ1) is 41.0. The van der Waals surface area contributed by atoms with E-state index in [2.05, 4.69) is 20.9 Å². The molecule has 2 aliphatic rings. The fourth-order valence-corrected chi connectivity index (χ4v) is 8.12. The molecule has 4 N–H and O–H groups in total. The summed E-state index contributed by atoms with van der Waals surface area (Å²) >= 11 is 5.52. The first-order chi connectivity index (χ1) is 28.1. The van der Waals surface area contributed by atoms with E-state index in [1.54, 1.807) is 0 Å². The van der Waals surface area contributed by atoms with Crippen molar-refractivity contribution in [1.29, 1.82) is 5.26 Å². The van der Waals surface area contributed by atoms with Gasteiger partial charge in [0.25, 0.3) is 17.7 Å². The maximum Gasteiger partial charge on any atom is 0.417 e. The first-order valence-corrected chi connectivity index (χ1v) is 19.3. The Morgan fingerprint density at radius 1 is 0.949 bits per heavy atom. The molecule has 4 aromatic carbocycles. The van der Waals surface area contributed by atoms with Crippen LogP contribution in [0.15, 0.2) is 72.8 Å². The van der Waals surface area contributed by atoms with E-state index in [9.17, 15) is 31.9 Å². The normalized spacial score (nSPS) is 15.1. The molecule has 7 rings (SSSR count). The number of nitrogens with zero attached hydrogens (tertiary/aromatic N) is 3. The Bertz CT molecular complexity index is 2550. The van der Waals surface area contributed by atoms with Gasteiger partial charge in [-0.25, -0.2) is 8.78 Å². The van der Waals surface area contributed by atoms with E-state index in [1.165, 1.54) is 55.1 Å². The second-order valence-corrected chi connectivity index (χ2v) is 15.2. The van der Waals surface area contributed by atoms with Crippen molar-refractivity contribution in [3.8, 4) is 17.3 Å². The Labute approximate surface area is 341 Å². The number of unbranched alkanes of at least 4 members (excludes halogenated alkanes) is 2. The average Bonchev–Trinajstić information content (AvgIpc) is 3.56. The summed E-state index contributed by atoms with van der Waals surface area (Å²) < 4.78 is 70.7. The molecule has 0 radical (unpaired) electrons. The molecule has 0 bridgehead atoms. The predicted molar refractivity (Wildman–Crippen MR) is 217 cm³/mol. The number of amides is 3. The van der Waals surface area contributed by atoms with Crippen LogP contribution in [0.2, 0.25) is 0 Å². The van der Waals surface area contributed by atoms with E-state index >= 15 is 4.39 Å². The molecule has 59 heavy (non-hydrogen) atoms. The molecule has 5 aromatic rings. The van der Waals surface area contributed by atoms with Crippen LogP contribution in [0.3, 0.4) is 0 Å². The number of rotatable bonds is 12. The molecule has 10 nitrogen and oxygen atoms in total. The highest BCUT2D eigenvalue weighted by molar-refractivity contribution is 7.81. The molecular formula is C43H38F5N7O3S. The van der Waals surface area contributed by atoms with Crippen LogP contribution in [0.1, 0.15) is 76.1 Å². The number of aromatic nitrogens is 1. The van der Waals surface area contributed by atoms with Gasteiger partial charge >= 0.3 is 6.18 Å². The quantitative estimate of drug-likeness (QED) is 0.0572. The largest absolute Gasteiger partial charge is 0.417 e. The third-order valence-corrected chi connectivity index (χ3v) is 10.9. The Balaban J connectivity index is 0.879. The third-order valence-electron chi connectivity index (χ3n) is 10.6. The van der Waals surface area contributed by atoms with Crippen LogP contribution in [0.4, 0.5) is 33.3 Å². The molecule has 0 aliphatic carbocycles. The van der Waals surface area contributed by atoms with Crippen molar-refractivity contribution in [2.45, 2.75) is 57.8 Å². The van der Waals surface area contributed by atoms with Gasteiger partial charge in [0.2, 0.25) is 0 Å². The number of carbonyl (C=O) groups excluding carboxylic acids is 3. The van der Waals surface area contributed by atoms with Crippen molar-refractivity contribution < 1.29 is 36.3 Å². The third kappa shape index (κ3) is 8.00. The fourth-order valence-electron chi connectivity index (χ4n) is 7.60. The number of anilines is 2. The smallest absolute Gasteiger partial charge is 0.354 e. The lowest BCUT2D eigenvalue weighted by molar-refractivity contribution is -0.137. The van der Waals surface area contributed by atoms with Crippen molar-refractivity contribution in [1.82, 2.24) is 20.9 Å². The molecule has 16 heteroatoms. The fraction of sp³-hybridized carbons (Fsp3) is 0.279. The van der Waals surface area contributed by atoms with E-state index in [4.69, 9.17) is 17.5 Å². The zero-order chi connectivity index (χ0) is 42.2. The molecule has 0 spiro atoms. The number of thiocarbonyl (C=S) groups is 1. The summed E-state index contributed by atoms with van der Waals surface area (Å²) in [7, 11) is 0. The number of hydrogen-bond donors (Lipinski definition) is 4. The van der Waals surface area contributed by atoms with Gasteiger partial charge in [0.05, 0.1) is 34.0 Å². The molecule has 2 aliphatic heterocycles. The lowest BCUT2D eigenvalue weighted by Crippen LogP contribution is -2.44. The van der Waals surface area contributed by atoms with Gasteiger partial charge < -0.3 is 25.8 Å². The molecule has 304 valence electrons. The average molecular weight is 828 g/mol. The summed E-state index contributed by atoms with van der Waals surface area (Å²) in [6, 6.07) is 18.8. The predicted octanol–water partition coefficient (Wildman–Crippen LogP) is 7.90. The first-order valence-electron chi connectivity index (χ1n) is 18.9. The van der Waals surface area contributed by atoms with Crippen LogP contribution in [-0.4, -0.2) is 53.0 Å². The highest BCUT2D eigenvalue weighted by atomic mass is 32.1. The molecule has 1 aromatic heterocycles. The van der Waals surface area contributed by atoms with Gasteiger partial charge in [-0.2, -0.15) is 18.4 Å². The van der Waals surface area contributed by atoms with Crippen molar-refractivity contribution in [2.24, 2.45) is 0 Å². The molecular weight excluding hydrogens is 790 g/mol. The number of H-pyrrole nitrogens is 1. The summed E-state index contributed by atoms with van der Waals surface area (Å²) in [6.07, 6.45) is -1.94. The second-order valence-electron chi connectivity index (χ2n) is 14.9. The summed E-state index contributed by atoms with van der Waals surface area (Å²) in [6.45, 7) is 5.13. The molecule has 0 unspecified atom stereocenters. The van der Waals surface area contributed by atoms with Gasteiger partial charge in [-0.15, -0.1) is 0 Å². The minimum absolute atomic E-state index is 0.125. The van der Waals surface area contributed by atoms with Crippen LogP contribution in [0.5, 0.6) is 0 Å². The Morgan fingerprint density at radius 3 is 2.39 bits per heavy atom. The highest BCUT2D eigenvalue weighted by Crippen LogP contribution is 2.40. The van der Waals surface area contributed by atoms with E-state index in [0.717, 1.165) is 64.2 Å². The highest BCUT2D eigenvalue weighted by Gasteiger charge is 2.51. The molecule has 0 atom stereocenters. The Kier molecular flexibility index (Phi) is 11.3. The number of nitrogens with one attached hydrogen (secondary N) is 4. The number of halogens is 5.